The van der Waals surface area contributed by atoms with Crippen molar-refractivity contribution in [3.63, 3.8) is 0 Å². The second-order valence-electron chi connectivity index (χ2n) is 5.69. The number of primary amides is 2. The molecular formula is C17H37ClN2O. The first kappa shape index (κ1) is 22.8. The van der Waals surface area contributed by atoms with E-state index in [2.05, 4.69) is 18.4 Å². The van der Waals surface area contributed by atoms with E-state index in [4.69, 9.17) is 16.4 Å². The van der Waals surface area contributed by atoms with E-state index in [0.29, 0.717) is 0 Å². The van der Waals surface area contributed by atoms with Crippen LogP contribution in [0, 0.1) is 0 Å². The summed E-state index contributed by atoms with van der Waals surface area (Å²) >= 11 is 5.64. The fourth-order valence-corrected chi connectivity index (χ4v) is 2.48. The average molecular weight is 321 g/mol. The molecule has 128 valence electrons. The van der Waals surface area contributed by atoms with E-state index < -0.39 is 6.03 Å². The summed E-state index contributed by atoms with van der Waals surface area (Å²) in [5, 5.41) is 0. The van der Waals surface area contributed by atoms with Crippen LogP contribution < -0.4 is 11.5 Å². The van der Waals surface area contributed by atoms with E-state index in [9.17, 15) is 0 Å². The number of alkyl halides is 1. The first-order valence-corrected chi connectivity index (χ1v) is 9.29. The Labute approximate surface area is 137 Å². The molecule has 0 aliphatic carbocycles. The SMILES string of the molecule is CCCCCCCCCCCCCCCCCl.NC(N)=O. The molecule has 2 amide bonds. The Bertz CT molecular complexity index is 183. The van der Waals surface area contributed by atoms with Gasteiger partial charge in [-0.2, -0.15) is 0 Å². The number of nitrogens with two attached hydrogens (primary N) is 2. The highest BCUT2D eigenvalue weighted by Gasteiger charge is 1.93. The number of unbranched alkanes of at least 4 members (excludes halogenated alkanes) is 13. The van der Waals surface area contributed by atoms with Gasteiger partial charge in [0.25, 0.3) is 0 Å². The van der Waals surface area contributed by atoms with E-state index in [1.807, 2.05) is 0 Å². The number of rotatable bonds is 14. The van der Waals surface area contributed by atoms with Crippen molar-refractivity contribution < 1.29 is 4.79 Å². The summed E-state index contributed by atoms with van der Waals surface area (Å²) in [6.45, 7) is 2.28. The molecule has 0 heterocycles. The highest BCUT2D eigenvalue weighted by atomic mass is 35.5. The fourth-order valence-electron chi connectivity index (χ4n) is 2.29. The Morgan fingerprint density at radius 1 is 0.667 bits per heavy atom. The highest BCUT2D eigenvalue weighted by molar-refractivity contribution is 6.17. The molecule has 0 aliphatic heterocycles. The number of carbonyl (C=O) groups excluding carboxylic acids is 1. The monoisotopic (exact) mass is 320 g/mol. The average Bonchev–Trinajstić information content (AvgIpc) is 2.43. The van der Waals surface area contributed by atoms with Gasteiger partial charge in [0.15, 0.2) is 0 Å². The van der Waals surface area contributed by atoms with Crippen LogP contribution >= 0.6 is 11.6 Å². The van der Waals surface area contributed by atoms with Crippen LogP contribution in [0.1, 0.15) is 96.8 Å². The molecule has 0 spiro atoms. The summed E-state index contributed by atoms with van der Waals surface area (Å²) in [7, 11) is 0. The van der Waals surface area contributed by atoms with Gasteiger partial charge in [0, 0.05) is 5.88 Å². The van der Waals surface area contributed by atoms with Gasteiger partial charge in [-0.15, -0.1) is 11.6 Å². The van der Waals surface area contributed by atoms with E-state index in [-0.39, 0.29) is 0 Å². The summed E-state index contributed by atoms with van der Waals surface area (Å²) in [5.41, 5.74) is 8.50. The minimum absolute atomic E-state index is 0.833. The molecule has 0 fully saturated rings. The Morgan fingerprint density at radius 2 is 0.905 bits per heavy atom. The van der Waals surface area contributed by atoms with E-state index >= 15 is 0 Å². The maximum atomic E-state index is 9.00. The zero-order valence-electron chi connectivity index (χ0n) is 14.0. The van der Waals surface area contributed by atoms with Crippen LogP contribution in [0.25, 0.3) is 0 Å². The van der Waals surface area contributed by atoms with Gasteiger partial charge in [-0.1, -0.05) is 90.4 Å². The largest absolute Gasteiger partial charge is 0.352 e. The molecule has 4 N–H and O–H groups in total. The van der Waals surface area contributed by atoms with Crippen molar-refractivity contribution in [2.75, 3.05) is 5.88 Å². The van der Waals surface area contributed by atoms with Crippen LogP contribution in [0.2, 0.25) is 0 Å². The van der Waals surface area contributed by atoms with Gasteiger partial charge >= 0.3 is 6.03 Å². The summed E-state index contributed by atoms with van der Waals surface area (Å²) in [4.78, 5) is 9.00. The predicted octanol–water partition coefficient (Wildman–Crippen LogP) is 5.73. The second kappa shape index (κ2) is 21.9. The van der Waals surface area contributed by atoms with Crippen molar-refractivity contribution in [1.82, 2.24) is 0 Å². The molecule has 3 nitrogen and oxygen atoms in total. The van der Waals surface area contributed by atoms with Gasteiger partial charge in [0.1, 0.15) is 0 Å². The third-order valence-corrected chi connectivity index (χ3v) is 3.75. The lowest BCUT2D eigenvalue weighted by Gasteiger charge is -2.02. The quantitative estimate of drug-likeness (QED) is 0.311. The molecule has 0 bridgehead atoms. The first-order valence-electron chi connectivity index (χ1n) is 8.76. The topological polar surface area (TPSA) is 69.1 Å². The van der Waals surface area contributed by atoms with Crippen LogP contribution in [0.3, 0.4) is 0 Å². The third kappa shape index (κ3) is 32.8. The molecule has 0 radical (unpaired) electrons. The standard InChI is InChI=1S/C16H33Cl.CH4N2O/c1-2-3-4-5-6-7-8-9-10-11-12-13-14-15-16-17;2-1(3)4/h2-16H2,1H3;(H4,2,3,4). The van der Waals surface area contributed by atoms with Gasteiger partial charge < -0.3 is 11.5 Å². The zero-order valence-corrected chi connectivity index (χ0v) is 14.8. The number of carbonyl (C=O) groups is 1. The van der Waals surface area contributed by atoms with Gasteiger partial charge in [-0.3, -0.25) is 0 Å². The molecule has 0 aliphatic rings. The lowest BCUT2D eigenvalue weighted by Crippen LogP contribution is -2.18. The number of urea groups is 1. The first-order chi connectivity index (χ1) is 10.1. The Kier molecular flexibility index (Phi) is 23.8. The maximum Gasteiger partial charge on any atom is 0.309 e. The van der Waals surface area contributed by atoms with E-state index in [1.165, 1.54) is 89.9 Å². The molecule has 0 aromatic heterocycles. The Hall–Kier alpha value is -0.440. The van der Waals surface area contributed by atoms with E-state index in [0.717, 1.165) is 5.88 Å². The highest BCUT2D eigenvalue weighted by Crippen LogP contribution is 2.12. The molecule has 4 heteroatoms. The van der Waals surface area contributed by atoms with Crippen LogP contribution in [-0.4, -0.2) is 11.9 Å². The summed E-state index contributed by atoms with van der Waals surface area (Å²) < 4.78 is 0. The van der Waals surface area contributed by atoms with E-state index in [1.54, 1.807) is 0 Å². The molecule has 0 aromatic carbocycles. The fraction of sp³-hybridized carbons (Fsp3) is 0.941. The van der Waals surface area contributed by atoms with Crippen molar-refractivity contribution in [3.05, 3.63) is 0 Å². The molecule has 0 atom stereocenters. The van der Waals surface area contributed by atoms with Gasteiger partial charge in [-0.05, 0) is 6.42 Å². The van der Waals surface area contributed by atoms with Crippen molar-refractivity contribution in [3.8, 4) is 0 Å². The smallest absolute Gasteiger partial charge is 0.309 e. The van der Waals surface area contributed by atoms with Crippen molar-refractivity contribution >= 4 is 17.6 Å². The second-order valence-corrected chi connectivity index (χ2v) is 6.07. The third-order valence-electron chi connectivity index (χ3n) is 3.49. The number of amides is 2. The Morgan fingerprint density at radius 3 is 1.14 bits per heavy atom. The lowest BCUT2D eigenvalue weighted by atomic mass is 10.0. The molecule has 0 saturated heterocycles. The van der Waals surface area contributed by atoms with Crippen molar-refractivity contribution in [1.29, 1.82) is 0 Å². The number of hydrogen-bond acceptors (Lipinski definition) is 1. The van der Waals surface area contributed by atoms with Crippen LogP contribution in [0.4, 0.5) is 4.79 Å². The summed E-state index contributed by atoms with van der Waals surface area (Å²) in [6, 6.07) is -0.833. The molecule has 21 heavy (non-hydrogen) atoms. The normalized spacial score (nSPS) is 10.0. The van der Waals surface area contributed by atoms with Crippen LogP contribution in [0.15, 0.2) is 0 Å². The number of halogens is 1. The molecular weight excluding hydrogens is 284 g/mol. The predicted molar refractivity (Wildman–Crippen MR) is 94.8 cm³/mol. The molecule has 0 saturated carbocycles. The van der Waals surface area contributed by atoms with Crippen molar-refractivity contribution in [2.24, 2.45) is 11.5 Å². The van der Waals surface area contributed by atoms with Crippen LogP contribution in [0.5, 0.6) is 0 Å². The number of hydrogen-bond donors (Lipinski definition) is 2. The van der Waals surface area contributed by atoms with Gasteiger partial charge in [0.2, 0.25) is 0 Å². The summed E-state index contributed by atoms with van der Waals surface area (Å²) in [5.74, 6) is 0.845. The van der Waals surface area contributed by atoms with Crippen molar-refractivity contribution in [2.45, 2.75) is 96.8 Å². The lowest BCUT2D eigenvalue weighted by molar-refractivity contribution is 0.256. The molecule has 0 aromatic rings. The Balaban J connectivity index is 0. The van der Waals surface area contributed by atoms with Gasteiger partial charge in [-0.25, -0.2) is 4.79 Å². The maximum absolute atomic E-state index is 9.00. The molecule has 0 unspecified atom stereocenters. The minimum atomic E-state index is -0.833. The zero-order chi connectivity index (χ0) is 16.2. The van der Waals surface area contributed by atoms with Crippen LogP contribution in [-0.2, 0) is 0 Å². The van der Waals surface area contributed by atoms with Gasteiger partial charge in [0.05, 0.1) is 0 Å². The minimum Gasteiger partial charge on any atom is -0.352 e. The summed E-state index contributed by atoms with van der Waals surface area (Å²) in [6.07, 6.45) is 19.8. The molecule has 0 rings (SSSR count).